The van der Waals surface area contributed by atoms with Gasteiger partial charge in [0.25, 0.3) is 0 Å². The van der Waals surface area contributed by atoms with Gasteiger partial charge in [-0.15, -0.1) is 0 Å². The van der Waals surface area contributed by atoms with Crippen LogP contribution >= 0.6 is 0 Å². The van der Waals surface area contributed by atoms with Gasteiger partial charge < -0.3 is 0 Å². The summed E-state index contributed by atoms with van der Waals surface area (Å²) in [6.07, 6.45) is 0. The van der Waals surface area contributed by atoms with Gasteiger partial charge in [-0.1, -0.05) is 0 Å². The maximum absolute atomic E-state index is 10.5. The fourth-order valence-corrected chi connectivity index (χ4v) is 1.47. The molecule has 0 heterocycles. The van der Waals surface area contributed by atoms with E-state index in [4.69, 9.17) is 9.84 Å². The zero-order valence-corrected chi connectivity index (χ0v) is 9.00. The number of carboxylic acids is 1. The molecular weight excluding hydrogens is 219 g/mol. The Balaban J connectivity index is 3.13. The molecule has 0 aliphatic heterocycles. The van der Waals surface area contributed by atoms with Crippen molar-refractivity contribution in [1.29, 1.82) is 0 Å². The Labute approximate surface area is 78.9 Å². The molecule has 0 amide bonds. The molecule has 0 aliphatic carbocycles. The van der Waals surface area contributed by atoms with E-state index in [1.807, 2.05) is 0 Å². The van der Waals surface area contributed by atoms with Crippen LogP contribution in [0.15, 0.2) is 18.2 Å². The topological polar surface area (TPSA) is 46.5 Å². The van der Waals surface area contributed by atoms with Gasteiger partial charge in [0.1, 0.15) is 0 Å². The van der Waals surface area contributed by atoms with Gasteiger partial charge in [-0.2, -0.15) is 0 Å². The van der Waals surface area contributed by atoms with Gasteiger partial charge in [-0.25, -0.2) is 0 Å². The van der Waals surface area contributed by atoms with E-state index in [-0.39, 0.29) is 5.56 Å². The van der Waals surface area contributed by atoms with Crippen LogP contribution in [-0.4, -0.2) is 35.0 Å². The molecule has 0 spiro atoms. The number of methoxy groups -OCH3 is 1. The zero-order valence-electron chi connectivity index (χ0n) is 6.57. The fraction of sp³-hybridized carbons (Fsp3) is 0.125. The Morgan fingerprint density at radius 3 is 2.75 bits per heavy atom. The van der Waals surface area contributed by atoms with E-state index in [0.29, 0.717) is 5.75 Å². The number of carboxylic acid groups (broad SMARTS) is 1. The second kappa shape index (κ2) is 3.63. The first-order chi connectivity index (χ1) is 5.65. The minimum absolute atomic E-state index is 0.258. The summed E-state index contributed by atoms with van der Waals surface area (Å²) in [6, 6.07) is 4.85. The molecule has 1 unspecified atom stereocenters. The summed E-state index contributed by atoms with van der Waals surface area (Å²) in [5.41, 5.74) is 0.258. The van der Waals surface area contributed by atoms with Crippen molar-refractivity contribution in [2.75, 3.05) is 7.11 Å². The summed E-state index contributed by atoms with van der Waals surface area (Å²) in [7, 11) is 1.53. The average molecular weight is 228 g/mol. The van der Waals surface area contributed by atoms with Gasteiger partial charge in [0.2, 0.25) is 0 Å². The van der Waals surface area contributed by atoms with Crippen molar-refractivity contribution in [2.45, 2.75) is 0 Å². The zero-order chi connectivity index (χ0) is 9.14. The Bertz CT molecular complexity index is 309. The van der Waals surface area contributed by atoms with Crippen LogP contribution in [-0.2, 0) is 0 Å². The molecule has 1 aromatic rings. The van der Waals surface area contributed by atoms with Crippen LogP contribution in [0.1, 0.15) is 10.4 Å². The van der Waals surface area contributed by atoms with E-state index in [2.05, 4.69) is 0 Å². The van der Waals surface area contributed by atoms with Crippen molar-refractivity contribution in [3.63, 3.8) is 0 Å². The summed E-state index contributed by atoms with van der Waals surface area (Å²) in [5.74, 6) is -0.296. The second-order valence-corrected chi connectivity index (χ2v) is 3.57. The molecule has 0 fully saturated rings. The van der Waals surface area contributed by atoms with Gasteiger partial charge in [0.05, 0.1) is 0 Å². The van der Waals surface area contributed by atoms with Crippen LogP contribution in [0.4, 0.5) is 0 Å². The SMILES string of the molecule is COc1cc(C(=O)O)ccc1[AsH2]. The van der Waals surface area contributed by atoms with E-state index in [1.54, 1.807) is 12.1 Å². The first kappa shape index (κ1) is 9.14. The molecule has 1 aromatic carbocycles. The summed E-state index contributed by atoms with van der Waals surface area (Å²) < 4.78 is 5.98. The number of benzene rings is 1. The van der Waals surface area contributed by atoms with E-state index in [1.165, 1.54) is 30.0 Å². The Hall–Kier alpha value is -0.952. The van der Waals surface area contributed by atoms with E-state index < -0.39 is 5.97 Å². The molecule has 0 aliphatic rings. The van der Waals surface area contributed by atoms with Crippen LogP contribution < -0.4 is 9.09 Å². The predicted octanol–water partition coefficient (Wildman–Crippen LogP) is -0.348. The van der Waals surface area contributed by atoms with Gasteiger partial charge in [0.15, 0.2) is 0 Å². The molecule has 1 atom stereocenters. The van der Waals surface area contributed by atoms with Crippen LogP contribution in [0.2, 0.25) is 0 Å². The van der Waals surface area contributed by atoms with Crippen molar-refractivity contribution >= 4 is 27.2 Å². The van der Waals surface area contributed by atoms with Crippen molar-refractivity contribution in [3.8, 4) is 5.75 Å². The number of aromatic carboxylic acids is 1. The predicted molar refractivity (Wildman–Crippen MR) is 48.1 cm³/mol. The van der Waals surface area contributed by atoms with Crippen LogP contribution in [0, 0.1) is 0 Å². The quantitative estimate of drug-likeness (QED) is 0.704. The van der Waals surface area contributed by atoms with Crippen LogP contribution in [0.3, 0.4) is 0 Å². The third kappa shape index (κ3) is 1.80. The Kier molecular flexibility index (Phi) is 2.77. The number of rotatable bonds is 2. The second-order valence-electron chi connectivity index (χ2n) is 2.26. The third-order valence-electron chi connectivity index (χ3n) is 1.48. The van der Waals surface area contributed by atoms with Gasteiger partial charge in [-0.3, -0.25) is 0 Å². The van der Waals surface area contributed by atoms with Gasteiger partial charge >= 0.3 is 78.4 Å². The molecular formula is C8H9AsO3. The Morgan fingerprint density at radius 2 is 2.25 bits per heavy atom. The third-order valence-corrected chi connectivity index (χ3v) is 2.48. The normalized spacial score (nSPS) is 9.50. The van der Waals surface area contributed by atoms with E-state index in [9.17, 15) is 4.79 Å². The summed E-state index contributed by atoms with van der Waals surface area (Å²) in [6.45, 7) is 0. The monoisotopic (exact) mass is 228 g/mol. The molecule has 0 radical (unpaired) electrons. The Morgan fingerprint density at radius 1 is 1.58 bits per heavy atom. The molecule has 4 heteroatoms. The molecule has 0 saturated carbocycles. The van der Waals surface area contributed by atoms with Crippen molar-refractivity contribution < 1.29 is 14.6 Å². The molecule has 12 heavy (non-hydrogen) atoms. The number of hydrogen-bond donors (Lipinski definition) is 1. The number of carbonyl (C=O) groups is 1. The molecule has 0 saturated heterocycles. The first-order valence-corrected chi connectivity index (χ1v) is 4.53. The van der Waals surface area contributed by atoms with Crippen molar-refractivity contribution in [1.82, 2.24) is 0 Å². The van der Waals surface area contributed by atoms with E-state index >= 15 is 0 Å². The minimum atomic E-state index is -0.930. The van der Waals surface area contributed by atoms with Crippen LogP contribution in [0.25, 0.3) is 0 Å². The number of ether oxygens (including phenoxy) is 1. The van der Waals surface area contributed by atoms with Crippen LogP contribution in [0.5, 0.6) is 5.75 Å². The molecule has 0 bridgehead atoms. The van der Waals surface area contributed by atoms with Crippen molar-refractivity contribution in [2.24, 2.45) is 0 Å². The summed E-state index contributed by atoms with van der Waals surface area (Å²) in [5, 5.41) is 8.65. The molecule has 3 nitrogen and oxygen atoms in total. The van der Waals surface area contributed by atoms with E-state index in [0.717, 1.165) is 4.35 Å². The first-order valence-electron chi connectivity index (χ1n) is 3.32. The molecule has 1 N–H and O–H groups in total. The average Bonchev–Trinajstić information content (AvgIpc) is 2.05. The molecule has 0 aromatic heterocycles. The number of hydrogen-bond acceptors (Lipinski definition) is 2. The molecule has 1 rings (SSSR count). The summed E-state index contributed by atoms with van der Waals surface area (Å²) >= 11 is 1.41. The standard InChI is InChI=1S/C8H9AsO3/c1-12-7-4-5(8(10)11)2-3-6(7)9/h2-4H,9H2,1H3,(H,10,11). The molecule has 64 valence electrons. The maximum atomic E-state index is 10.5. The fourth-order valence-electron chi connectivity index (χ4n) is 0.844. The summed E-state index contributed by atoms with van der Waals surface area (Å²) in [4.78, 5) is 10.5. The van der Waals surface area contributed by atoms with Gasteiger partial charge in [-0.05, 0) is 0 Å². The van der Waals surface area contributed by atoms with Crippen molar-refractivity contribution in [3.05, 3.63) is 23.8 Å². The van der Waals surface area contributed by atoms with Gasteiger partial charge in [0, 0.05) is 0 Å².